The summed E-state index contributed by atoms with van der Waals surface area (Å²) in [7, 11) is 2.19. The summed E-state index contributed by atoms with van der Waals surface area (Å²) in [5.74, 6) is 0.828. The largest absolute Gasteiger partial charge is 0.329 e. The molecule has 1 heterocycles. The highest BCUT2D eigenvalue weighted by atomic mass is 15.1. The first-order chi connectivity index (χ1) is 8.31. The quantitative estimate of drug-likeness (QED) is 0.813. The van der Waals surface area contributed by atoms with Crippen LogP contribution < -0.4 is 5.73 Å². The summed E-state index contributed by atoms with van der Waals surface area (Å²) in [5.41, 5.74) is 7.07. The lowest BCUT2D eigenvalue weighted by molar-refractivity contribution is 0.125. The average Bonchev–Trinajstić information content (AvgIpc) is 2.31. The lowest BCUT2D eigenvalue weighted by atomic mass is 9.79. The molecule has 0 bridgehead atoms. The Kier molecular flexibility index (Phi) is 4.51. The minimum absolute atomic E-state index is 0.562. The average molecular weight is 233 g/mol. The number of pyridine rings is 1. The fourth-order valence-electron chi connectivity index (χ4n) is 2.56. The predicted molar refractivity (Wildman–Crippen MR) is 70.8 cm³/mol. The maximum absolute atomic E-state index is 5.90. The summed E-state index contributed by atoms with van der Waals surface area (Å²) in [6, 6.07) is 6.67. The van der Waals surface area contributed by atoms with Gasteiger partial charge in [-0.05, 0) is 37.9 Å². The summed E-state index contributed by atoms with van der Waals surface area (Å²) in [6.45, 7) is 1.83. The summed E-state index contributed by atoms with van der Waals surface area (Å²) in [4.78, 5) is 6.77. The molecule has 0 radical (unpaired) electrons. The van der Waals surface area contributed by atoms with Gasteiger partial charge in [-0.25, -0.2) is 0 Å². The zero-order valence-corrected chi connectivity index (χ0v) is 10.7. The fourth-order valence-corrected chi connectivity index (χ4v) is 2.56. The van der Waals surface area contributed by atoms with Crippen LogP contribution in [0.5, 0.6) is 0 Å². The molecule has 1 saturated carbocycles. The van der Waals surface area contributed by atoms with Crippen LogP contribution in [0.3, 0.4) is 0 Å². The van der Waals surface area contributed by atoms with Crippen LogP contribution in [-0.4, -0.2) is 36.1 Å². The molecule has 0 aliphatic heterocycles. The van der Waals surface area contributed by atoms with Crippen LogP contribution in [0.1, 0.15) is 25.0 Å². The van der Waals surface area contributed by atoms with Crippen molar-refractivity contribution >= 4 is 0 Å². The highest BCUT2D eigenvalue weighted by Gasteiger charge is 2.28. The van der Waals surface area contributed by atoms with E-state index in [-0.39, 0.29) is 0 Å². The van der Waals surface area contributed by atoms with Crippen LogP contribution in [0.4, 0.5) is 0 Å². The van der Waals surface area contributed by atoms with Crippen molar-refractivity contribution in [1.29, 1.82) is 0 Å². The van der Waals surface area contributed by atoms with E-state index in [1.165, 1.54) is 25.0 Å². The molecule has 1 aromatic heterocycles. The van der Waals surface area contributed by atoms with Gasteiger partial charge in [-0.3, -0.25) is 4.98 Å². The smallest absolute Gasteiger partial charge is 0.0416 e. The molecule has 3 heteroatoms. The van der Waals surface area contributed by atoms with Gasteiger partial charge in [-0.1, -0.05) is 12.5 Å². The monoisotopic (exact) mass is 233 g/mol. The Morgan fingerprint density at radius 3 is 2.82 bits per heavy atom. The third kappa shape index (κ3) is 3.27. The Morgan fingerprint density at radius 1 is 1.47 bits per heavy atom. The number of hydrogen-bond donors (Lipinski definition) is 1. The SMILES string of the molecule is CN(CCc1ccccn1)C(CN)C1CCC1. The standard InChI is InChI=1S/C14H23N3/c1-17(14(11-15)12-5-4-6-12)10-8-13-7-2-3-9-16-13/h2-3,7,9,12,14H,4-6,8,10-11,15H2,1H3. The molecule has 17 heavy (non-hydrogen) atoms. The van der Waals surface area contributed by atoms with E-state index in [2.05, 4.69) is 29.1 Å². The van der Waals surface area contributed by atoms with Gasteiger partial charge in [-0.15, -0.1) is 0 Å². The first kappa shape index (κ1) is 12.5. The Morgan fingerprint density at radius 2 is 2.29 bits per heavy atom. The maximum Gasteiger partial charge on any atom is 0.0416 e. The third-order valence-corrected chi connectivity index (χ3v) is 3.95. The van der Waals surface area contributed by atoms with Crippen LogP contribution in [0.15, 0.2) is 24.4 Å². The molecule has 2 rings (SSSR count). The minimum Gasteiger partial charge on any atom is -0.329 e. The number of hydrogen-bond acceptors (Lipinski definition) is 3. The van der Waals surface area contributed by atoms with Gasteiger partial charge in [0.15, 0.2) is 0 Å². The molecule has 0 spiro atoms. The molecular weight excluding hydrogens is 210 g/mol. The topological polar surface area (TPSA) is 42.2 Å². The van der Waals surface area contributed by atoms with Gasteiger partial charge in [-0.2, -0.15) is 0 Å². The number of aromatic nitrogens is 1. The van der Waals surface area contributed by atoms with Gasteiger partial charge in [0, 0.05) is 37.4 Å². The van der Waals surface area contributed by atoms with E-state index in [0.29, 0.717) is 6.04 Å². The van der Waals surface area contributed by atoms with Crippen molar-refractivity contribution in [3.05, 3.63) is 30.1 Å². The van der Waals surface area contributed by atoms with E-state index in [1.54, 1.807) is 0 Å². The molecular formula is C14H23N3. The fraction of sp³-hybridized carbons (Fsp3) is 0.643. The van der Waals surface area contributed by atoms with E-state index in [4.69, 9.17) is 5.73 Å². The minimum atomic E-state index is 0.562. The molecule has 3 nitrogen and oxygen atoms in total. The number of nitrogens with two attached hydrogens (primary N) is 1. The summed E-state index contributed by atoms with van der Waals surface area (Å²) < 4.78 is 0. The first-order valence-electron chi connectivity index (χ1n) is 6.61. The van der Waals surface area contributed by atoms with E-state index >= 15 is 0 Å². The third-order valence-electron chi connectivity index (χ3n) is 3.95. The van der Waals surface area contributed by atoms with Crippen molar-refractivity contribution in [2.45, 2.75) is 31.7 Å². The lowest BCUT2D eigenvalue weighted by Crippen LogP contribution is -2.46. The van der Waals surface area contributed by atoms with Crippen LogP contribution in [0, 0.1) is 5.92 Å². The van der Waals surface area contributed by atoms with Crippen LogP contribution in [-0.2, 0) is 6.42 Å². The second kappa shape index (κ2) is 6.12. The molecule has 0 aromatic carbocycles. The molecule has 0 amide bonds. The van der Waals surface area contributed by atoms with E-state index in [1.807, 2.05) is 12.3 Å². The second-order valence-corrected chi connectivity index (χ2v) is 5.05. The van der Waals surface area contributed by atoms with Crippen LogP contribution >= 0.6 is 0 Å². The molecule has 1 aliphatic carbocycles. The van der Waals surface area contributed by atoms with Crippen molar-refractivity contribution in [3.8, 4) is 0 Å². The lowest BCUT2D eigenvalue weighted by Gasteiger charge is -2.38. The summed E-state index contributed by atoms with van der Waals surface area (Å²) in [6.07, 6.45) is 6.98. The highest BCUT2D eigenvalue weighted by molar-refractivity contribution is 5.03. The molecule has 0 saturated heterocycles. The number of rotatable bonds is 6. The van der Waals surface area contributed by atoms with Gasteiger partial charge in [0.25, 0.3) is 0 Å². The zero-order chi connectivity index (χ0) is 12.1. The molecule has 1 aliphatic rings. The highest BCUT2D eigenvalue weighted by Crippen LogP contribution is 2.31. The number of nitrogens with zero attached hydrogens (tertiary/aromatic N) is 2. The molecule has 2 N–H and O–H groups in total. The van der Waals surface area contributed by atoms with E-state index < -0.39 is 0 Å². The van der Waals surface area contributed by atoms with Crippen LogP contribution in [0.2, 0.25) is 0 Å². The number of likely N-dealkylation sites (N-methyl/N-ethyl adjacent to an activating group) is 1. The van der Waals surface area contributed by atoms with Crippen molar-refractivity contribution in [2.24, 2.45) is 11.7 Å². The second-order valence-electron chi connectivity index (χ2n) is 5.05. The maximum atomic E-state index is 5.90. The Hall–Kier alpha value is -0.930. The predicted octanol–water partition coefficient (Wildman–Crippen LogP) is 1.68. The van der Waals surface area contributed by atoms with Crippen LogP contribution in [0.25, 0.3) is 0 Å². The van der Waals surface area contributed by atoms with Crippen molar-refractivity contribution in [3.63, 3.8) is 0 Å². The van der Waals surface area contributed by atoms with Crippen molar-refractivity contribution in [2.75, 3.05) is 20.1 Å². The van der Waals surface area contributed by atoms with Gasteiger partial charge in [0.2, 0.25) is 0 Å². The van der Waals surface area contributed by atoms with Crippen molar-refractivity contribution < 1.29 is 0 Å². The molecule has 1 aromatic rings. The zero-order valence-electron chi connectivity index (χ0n) is 10.7. The Balaban J connectivity index is 1.81. The van der Waals surface area contributed by atoms with Gasteiger partial charge in [0.05, 0.1) is 0 Å². The molecule has 1 fully saturated rings. The van der Waals surface area contributed by atoms with E-state index in [0.717, 1.165) is 25.4 Å². The molecule has 94 valence electrons. The summed E-state index contributed by atoms with van der Waals surface area (Å²) in [5, 5.41) is 0. The van der Waals surface area contributed by atoms with Gasteiger partial charge in [0.1, 0.15) is 0 Å². The van der Waals surface area contributed by atoms with E-state index in [9.17, 15) is 0 Å². The molecule has 1 atom stereocenters. The first-order valence-corrected chi connectivity index (χ1v) is 6.61. The van der Waals surface area contributed by atoms with Gasteiger partial charge >= 0.3 is 0 Å². The van der Waals surface area contributed by atoms with Crippen molar-refractivity contribution in [1.82, 2.24) is 9.88 Å². The Labute approximate surface area is 104 Å². The Bertz CT molecular complexity index is 321. The molecule has 1 unspecified atom stereocenters. The normalized spacial score (nSPS) is 18.1. The van der Waals surface area contributed by atoms with Gasteiger partial charge < -0.3 is 10.6 Å². The summed E-state index contributed by atoms with van der Waals surface area (Å²) >= 11 is 0.